The normalized spacial score (nSPS) is 18.6. The van der Waals surface area contributed by atoms with E-state index in [2.05, 4.69) is 10.6 Å². The summed E-state index contributed by atoms with van der Waals surface area (Å²) in [7, 11) is -4.23. The third-order valence-electron chi connectivity index (χ3n) is 9.03. The van der Waals surface area contributed by atoms with Crippen molar-refractivity contribution in [2.45, 2.75) is 47.9 Å². The number of carboxylic acid groups (broad SMARTS) is 1. The van der Waals surface area contributed by atoms with Gasteiger partial charge < -0.3 is 25.5 Å². The highest BCUT2D eigenvalue weighted by Crippen LogP contribution is 2.44. The third-order valence-corrected chi connectivity index (χ3v) is 11.2. The molecular formula is C37H35FN4O7S. The van der Waals surface area contributed by atoms with Crippen LogP contribution in [0.5, 0.6) is 0 Å². The standard InChI is InChI=1S/C37H35FN4O7S/c38-29-17-6-5-16-28(29)35-32(50(48,49)27-14-2-1-3-15-27)22-31(36(46)41-19-9-12-25-11-4-7-18-30(25)41)42(35)33(43)23-39-37(47)40-26-13-8-10-24(20-26)21-34(44)45/h1-8,10-11,13-18,20,31-32,35H,9,12,19,21-23H2,(H,44,45)(H2,39,40,47). The number of rotatable bonds is 9. The van der Waals surface area contributed by atoms with Gasteiger partial charge in [-0.05, 0) is 66.8 Å². The smallest absolute Gasteiger partial charge is 0.319 e. The lowest BCUT2D eigenvalue weighted by molar-refractivity contribution is -0.138. The number of carboxylic acids is 1. The fraction of sp³-hybridized carbons (Fsp3) is 0.243. The van der Waals surface area contributed by atoms with Gasteiger partial charge in [-0.15, -0.1) is 0 Å². The van der Waals surface area contributed by atoms with E-state index in [-0.39, 0.29) is 29.0 Å². The van der Waals surface area contributed by atoms with Crippen molar-refractivity contribution in [2.24, 2.45) is 0 Å². The Kier molecular flexibility index (Phi) is 9.95. The van der Waals surface area contributed by atoms with Crippen molar-refractivity contribution in [3.05, 3.63) is 126 Å². The van der Waals surface area contributed by atoms with Crippen LogP contribution in [0, 0.1) is 5.82 Å². The van der Waals surface area contributed by atoms with E-state index in [9.17, 15) is 27.6 Å². The summed E-state index contributed by atoms with van der Waals surface area (Å²) in [5, 5.41) is 12.7. The molecule has 0 radical (unpaired) electrons. The van der Waals surface area contributed by atoms with Gasteiger partial charge in [0.15, 0.2) is 9.84 Å². The summed E-state index contributed by atoms with van der Waals surface area (Å²) in [6, 6.07) is 23.3. The van der Waals surface area contributed by atoms with Crippen LogP contribution < -0.4 is 15.5 Å². The molecule has 13 heteroatoms. The van der Waals surface area contributed by atoms with Crippen molar-refractivity contribution in [1.82, 2.24) is 10.2 Å². The minimum atomic E-state index is -4.23. The van der Waals surface area contributed by atoms with Gasteiger partial charge in [-0.1, -0.05) is 66.7 Å². The quantitative estimate of drug-likeness (QED) is 0.228. The van der Waals surface area contributed by atoms with E-state index < -0.39 is 63.3 Å². The van der Waals surface area contributed by atoms with Gasteiger partial charge >= 0.3 is 12.0 Å². The minimum absolute atomic E-state index is 0.0298. The maximum Gasteiger partial charge on any atom is 0.319 e. The van der Waals surface area contributed by atoms with Crippen LogP contribution in [0.4, 0.5) is 20.6 Å². The lowest BCUT2D eigenvalue weighted by Gasteiger charge is -2.36. The van der Waals surface area contributed by atoms with Gasteiger partial charge in [0.2, 0.25) is 11.8 Å². The largest absolute Gasteiger partial charge is 0.481 e. The summed E-state index contributed by atoms with van der Waals surface area (Å²) in [6.45, 7) is -0.305. The molecule has 0 spiro atoms. The van der Waals surface area contributed by atoms with Gasteiger partial charge in [-0.2, -0.15) is 0 Å². The highest BCUT2D eigenvalue weighted by molar-refractivity contribution is 7.92. The van der Waals surface area contributed by atoms with Crippen LogP contribution in [-0.2, 0) is 37.1 Å². The Balaban J connectivity index is 1.36. The Morgan fingerprint density at radius 3 is 2.36 bits per heavy atom. The fourth-order valence-corrected chi connectivity index (χ4v) is 8.77. The molecule has 0 bridgehead atoms. The summed E-state index contributed by atoms with van der Waals surface area (Å²) in [6.07, 6.45) is 0.837. The van der Waals surface area contributed by atoms with Gasteiger partial charge in [0, 0.05) is 23.5 Å². The summed E-state index contributed by atoms with van der Waals surface area (Å²) < 4.78 is 44.3. The lowest BCUT2D eigenvalue weighted by atomic mass is 10.0. The van der Waals surface area contributed by atoms with Crippen molar-refractivity contribution in [3.8, 4) is 0 Å². The first-order valence-corrected chi connectivity index (χ1v) is 17.7. The highest BCUT2D eigenvalue weighted by Gasteiger charge is 2.54. The number of nitrogens with one attached hydrogen (secondary N) is 2. The van der Waals surface area contributed by atoms with Gasteiger partial charge in [0.05, 0.1) is 29.2 Å². The number of nitrogens with zero attached hydrogens (tertiary/aromatic N) is 2. The van der Waals surface area contributed by atoms with Crippen LogP contribution in [0.15, 0.2) is 108 Å². The molecule has 4 aromatic carbocycles. The number of para-hydroxylation sites is 1. The molecule has 4 amide bonds. The molecule has 0 saturated carbocycles. The third kappa shape index (κ3) is 7.08. The average Bonchev–Trinajstić information content (AvgIpc) is 3.52. The maximum absolute atomic E-state index is 15.6. The molecule has 1 saturated heterocycles. The molecule has 3 atom stereocenters. The summed E-state index contributed by atoms with van der Waals surface area (Å²) in [5.41, 5.74) is 2.26. The predicted molar refractivity (Wildman–Crippen MR) is 184 cm³/mol. The first-order valence-electron chi connectivity index (χ1n) is 16.1. The lowest BCUT2D eigenvalue weighted by Crippen LogP contribution is -2.52. The molecular weight excluding hydrogens is 663 g/mol. The van der Waals surface area contributed by atoms with Gasteiger partial charge in [-0.25, -0.2) is 17.6 Å². The number of hydrogen-bond acceptors (Lipinski definition) is 6. The number of fused-ring (bicyclic) bond motifs is 1. The molecule has 11 nitrogen and oxygen atoms in total. The number of aliphatic carboxylic acids is 1. The number of anilines is 2. The Hall–Kier alpha value is -5.56. The van der Waals surface area contributed by atoms with E-state index in [0.29, 0.717) is 24.2 Å². The SMILES string of the molecule is O=C(O)Cc1cccc(NC(=O)NCC(=O)N2C(C(=O)N3CCCc4ccccc43)CC(S(=O)(=O)c3ccccc3)C2c2ccccc2F)c1. The summed E-state index contributed by atoms with van der Waals surface area (Å²) >= 11 is 0. The van der Waals surface area contributed by atoms with Gasteiger partial charge in [-0.3, -0.25) is 14.4 Å². The molecule has 258 valence electrons. The topological polar surface area (TPSA) is 153 Å². The second-order valence-electron chi connectivity index (χ2n) is 12.2. The van der Waals surface area contributed by atoms with Crippen LogP contribution in [0.1, 0.15) is 35.6 Å². The predicted octanol–water partition coefficient (Wildman–Crippen LogP) is 4.74. The highest BCUT2D eigenvalue weighted by atomic mass is 32.2. The zero-order valence-electron chi connectivity index (χ0n) is 26.9. The average molecular weight is 699 g/mol. The number of aryl methyl sites for hydroxylation is 1. The molecule has 6 rings (SSSR count). The Morgan fingerprint density at radius 2 is 1.60 bits per heavy atom. The number of carbonyl (C=O) groups is 4. The van der Waals surface area contributed by atoms with E-state index in [0.717, 1.165) is 16.9 Å². The number of urea groups is 1. The molecule has 2 heterocycles. The zero-order valence-corrected chi connectivity index (χ0v) is 27.7. The number of sulfone groups is 1. The number of benzene rings is 4. The van der Waals surface area contributed by atoms with Crippen LogP contribution in [0.2, 0.25) is 0 Å². The van der Waals surface area contributed by atoms with Gasteiger partial charge in [0.1, 0.15) is 11.9 Å². The molecule has 0 aliphatic carbocycles. The van der Waals surface area contributed by atoms with Crippen LogP contribution >= 0.6 is 0 Å². The van der Waals surface area contributed by atoms with Crippen molar-refractivity contribution in [1.29, 1.82) is 0 Å². The van der Waals surface area contributed by atoms with E-state index in [1.165, 1.54) is 42.5 Å². The maximum atomic E-state index is 15.6. The van der Waals surface area contributed by atoms with Crippen LogP contribution in [0.25, 0.3) is 0 Å². The first-order chi connectivity index (χ1) is 24.0. The Morgan fingerprint density at radius 1 is 0.880 bits per heavy atom. The molecule has 3 unspecified atom stereocenters. The van der Waals surface area contributed by atoms with Crippen LogP contribution in [-0.4, -0.2) is 66.6 Å². The zero-order chi connectivity index (χ0) is 35.4. The molecule has 0 aromatic heterocycles. The molecule has 1 fully saturated rings. The van der Waals surface area contributed by atoms with Gasteiger partial charge in [0.25, 0.3) is 0 Å². The van der Waals surface area contributed by atoms with E-state index in [1.807, 2.05) is 12.1 Å². The number of halogens is 1. The molecule has 3 N–H and O–H groups in total. The summed E-state index contributed by atoms with van der Waals surface area (Å²) in [4.78, 5) is 55.5. The van der Waals surface area contributed by atoms with Crippen molar-refractivity contribution < 1.29 is 37.1 Å². The second kappa shape index (κ2) is 14.5. The Bertz CT molecular complexity index is 2040. The molecule has 50 heavy (non-hydrogen) atoms. The number of carbonyl (C=O) groups excluding carboxylic acids is 3. The van der Waals surface area contributed by atoms with Crippen molar-refractivity contribution in [2.75, 3.05) is 23.3 Å². The van der Waals surface area contributed by atoms with Crippen molar-refractivity contribution >= 4 is 45.0 Å². The van der Waals surface area contributed by atoms with E-state index in [4.69, 9.17) is 5.11 Å². The van der Waals surface area contributed by atoms with E-state index in [1.54, 1.807) is 53.4 Å². The number of likely N-dealkylation sites (tertiary alicyclic amines) is 1. The van der Waals surface area contributed by atoms with Crippen molar-refractivity contribution in [3.63, 3.8) is 0 Å². The van der Waals surface area contributed by atoms with Crippen LogP contribution in [0.3, 0.4) is 0 Å². The second-order valence-corrected chi connectivity index (χ2v) is 14.4. The number of hydrogen-bond donors (Lipinski definition) is 3. The monoisotopic (exact) mass is 698 g/mol. The molecule has 2 aliphatic heterocycles. The van der Waals surface area contributed by atoms with E-state index >= 15 is 4.39 Å². The minimum Gasteiger partial charge on any atom is -0.481 e. The number of amides is 4. The summed E-state index contributed by atoms with van der Waals surface area (Å²) in [5.74, 6) is -3.08. The first kappa shape index (κ1) is 34.3. The molecule has 4 aromatic rings. The fourth-order valence-electron chi connectivity index (χ4n) is 6.83. The Labute approximate surface area is 288 Å². The molecule has 2 aliphatic rings.